The van der Waals surface area contributed by atoms with Gasteiger partial charge in [-0.05, 0) is 43.0 Å². The predicted octanol–water partition coefficient (Wildman–Crippen LogP) is 5.56. The predicted molar refractivity (Wildman–Crippen MR) is 112 cm³/mol. The van der Waals surface area contributed by atoms with Crippen molar-refractivity contribution in [1.29, 1.82) is 0 Å². The van der Waals surface area contributed by atoms with E-state index in [1.807, 2.05) is 30.3 Å². The topological polar surface area (TPSA) is 57.8 Å². The maximum Gasteiger partial charge on any atom is 0.272 e. The molecule has 0 saturated heterocycles. The van der Waals surface area contributed by atoms with E-state index in [9.17, 15) is 18.0 Å². The highest BCUT2D eigenvalue weighted by molar-refractivity contribution is 6.30. The number of benzene rings is 2. The third kappa shape index (κ3) is 4.46. The molecule has 1 atom stereocenters. The van der Waals surface area contributed by atoms with Crippen molar-refractivity contribution >= 4 is 28.1 Å². The lowest BCUT2D eigenvalue weighted by molar-refractivity contribution is -0.0475. The van der Waals surface area contributed by atoms with E-state index in [-0.39, 0.29) is 30.2 Å². The normalized spacial score (nSPS) is 20.2. The van der Waals surface area contributed by atoms with Gasteiger partial charge in [-0.1, -0.05) is 29.8 Å². The summed E-state index contributed by atoms with van der Waals surface area (Å²) in [6.07, 6.45) is 1.19. The summed E-state index contributed by atoms with van der Waals surface area (Å²) in [7, 11) is 0. The van der Waals surface area contributed by atoms with E-state index in [2.05, 4.69) is 15.5 Å². The molecule has 158 valence electrons. The highest BCUT2D eigenvalue weighted by Gasteiger charge is 2.39. The Morgan fingerprint density at radius 2 is 1.80 bits per heavy atom. The first-order valence-corrected chi connectivity index (χ1v) is 10.3. The van der Waals surface area contributed by atoms with Gasteiger partial charge in [-0.25, -0.2) is 18.3 Å². The molecule has 0 bridgehead atoms. The van der Waals surface area contributed by atoms with Gasteiger partial charge in [0.25, 0.3) is 5.56 Å². The summed E-state index contributed by atoms with van der Waals surface area (Å²) in [6.45, 7) is 0. The number of hydrogen-bond donors (Lipinski definition) is 2. The van der Waals surface area contributed by atoms with Crippen LogP contribution >= 0.6 is 11.6 Å². The number of aromatic amines is 1. The van der Waals surface area contributed by atoms with Crippen molar-refractivity contribution in [3.8, 4) is 0 Å². The molecular weight excluding hydrogens is 415 g/mol. The van der Waals surface area contributed by atoms with Crippen molar-refractivity contribution in [1.82, 2.24) is 10.2 Å². The third-order valence-electron chi connectivity index (χ3n) is 5.75. The van der Waals surface area contributed by atoms with Gasteiger partial charge in [-0.15, -0.1) is 0 Å². The first kappa shape index (κ1) is 20.7. The molecule has 1 fully saturated rings. The molecule has 2 aliphatic rings. The van der Waals surface area contributed by atoms with E-state index in [1.54, 1.807) is 0 Å². The van der Waals surface area contributed by atoms with Crippen molar-refractivity contribution in [2.24, 2.45) is 5.92 Å². The first-order valence-electron chi connectivity index (χ1n) is 9.88. The van der Waals surface area contributed by atoms with Gasteiger partial charge in [-0.3, -0.25) is 4.79 Å². The van der Waals surface area contributed by atoms with Crippen LogP contribution in [0.3, 0.4) is 0 Å². The molecule has 8 heteroatoms. The van der Waals surface area contributed by atoms with Crippen LogP contribution in [-0.2, 0) is 6.42 Å². The smallest absolute Gasteiger partial charge is 0.272 e. The summed E-state index contributed by atoms with van der Waals surface area (Å²) in [6, 6.07) is 11.9. The fourth-order valence-electron chi connectivity index (χ4n) is 4.22. The minimum absolute atomic E-state index is 0.0676. The minimum atomic E-state index is -2.57. The van der Waals surface area contributed by atoms with Crippen molar-refractivity contribution in [3.05, 3.63) is 69.4 Å². The second-order valence-corrected chi connectivity index (χ2v) is 8.26. The van der Waals surface area contributed by atoms with E-state index in [1.165, 1.54) is 12.1 Å². The average Bonchev–Trinajstić information content (AvgIpc) is 2.71. The lowest BCUT2D eigenvalue weighted by Gasteiger charge is -2.36. The number of nitrogens with one attached hydrogen (secondary N) is 2. The maximum atomic E-state index is 13.8. The highest BCUT2D eigenvalue weighted by atomic mass is 35.5. The molecule has 3 aromatic rings. The van der Waals surface area contributed by atoms with E-state index in [0.717, 1.165) is 5.02 Å². The molecule has 2 N–H and O–H groups in total. The van der Waals surface area contributed by atoms with Gasteiger partial charge in [0.15, 0.2) is 0 Å². The van der Waals surface area contributed by atoms with Crippen LogP contribution in [0.1, 0.15) is 31.4 Å². The monoisotopic (exact) mass is 435 g/mol. The molecule has 2 heterocycles. The quantitative estimate of drug-likeness (QED) is 0.525. The highest BCUT2D eigenvalue weighted by Crippen LogP contribution is 2.41. The standard InChI is InChI=1S/C16H16F3N3O.C6H5Cl/c17-9-5-10-14-12(6-9)20-11(7-13(14)21-22-15(10)23)8-1-3-16(18,19)4-2-8;7-6-4-2-1-3-5-6/h5-6,8,11,20H,1-4,7H2,(H,22,23);1-5H. The van der Waals surface area contributed by atoms with Crippen LogP contribution in [0, 0.1) is 11.7 Å². The zero-order chi connectivity index (χ0) is 21.3. The summed E-state index contributed by atoms with van der Waals surface area (Å²) in [4.78, 5) is 11.8. The number of rotatable bonds is 1. The second kappa shape index (κ2) is 8.30. The van der Waals surface area contributed by atoms with Gasteiger partial charge in [0.1, 0.15) is 5.82 Å². The third-order valence-corrected chi connectivity index (χ3v) is 6.00. The summed E-state index contributed by atoms with van der Waals surface area (Å²) >= 11 is 5.54. The van der Waals surface area contributed by atoms with Gasteiger partial charge >= 0.3 is 0 Å². The molecule has 4 nitrogen and oxygen atoms in total. The van der Waals surface area contributed by atoms with Crippen molar-refractivity contribution in [3.63, 3.8) is 0 Å². The Morgan fingerprint density at radius 3 is 2.43 bits per heavy atom. The number of anilines is 1. The summed E-state index contributed by atoms with van der Waals surface area (Å²) in [5.74, 6) is -2.98. The Labute approximate surface area is 176 Å². The molecule has 0 radical (unpaired) electrons. The Hall–Kier alpha value is -2.54. The zero-order valence-corrected chi connectivity index (χ0v) is 16.9. The van der Waals surface area contributed by atoms with Crippen molar-refractivity contribution in [2.45, 2.75) is 44.1 Å². The van der Waals surface area contributed by atoms with Crippen molar-refractivity contribution in [2.75, 3.05) is 5.32 Å². The van der Waals surface area contributed by atoms with Crippen LogP contribution < -0.4 is 10.9 Å². The molecule has 1 saturated carbocycles. The Balaban J connectivity index is 0.000000265. The van der Waals surface area contributed by atoms with Gasteiger partial charge in [0, 0.05) is 41.4 Å². The van der Waals surface area contributed by atoms with E-state index in [0.29, 0.717) is 36.0 Å². The van der Waals surface area contributed by atoms with Crippen molar-refractivity contribution < 1.29 is 13.2 Å². The molecule has 0 amide bonds. The van der Waals surface area contributed by atoms with Crippen LogP contribution in [0.5, 0.6) is 0 Å². The molecule has 5 rings (SSSR count). The largest absolute Gasteiger partial charge is 0.381 e. The van der Waals surface area contributed by atoms with E-state index >= 15 is 0 Å². The van der Waals surface area contributed by atoms with Crippen LogP contribution in [0.4, 0.5) is 18.9 Å². The lowest BCUT2D eigenvalue weighted by Crippen LogP contribution is -2.39. The first-order chi connectivity index (χ1) is 14.3. The van der Waals surface area contributed by atoms with Crippen LogP contribution in [-0.4, -0.2) is 22.2 Å². The fraction of sp³-hybridized carbons (Fsp3) is 0.364. The molecule has 1 aromatic heterocycles. The van der Waals surface area contributed by atoms with E-state index < -0.39 is 17.3 Å². The fourth-order valence-corrected chi connectivity index (χ4v) is 4.36. The van der Waals surface area contributed by atoms with E-state index in [4.69, 9.17) is 11.6 Å². The molecule has 30 heavy (non-hydrogen) atoms. The van der Waals surface area contributed by atoms with Gasteiger partial charge in [0.2, 0.25) is 5.92 Å². The number of alkyl halides is 2. The summed E-state index contributed by atoms with van der Waals surface area (Å²) in [5.41, 5.74) is 0.792. The number of halogens is 4. The average molecular weight is 436 g/mol. The number of aromatic nitrogens is 2. The van der Waals surface area contributed by atoms with Crippen LogP contribution in [0.15, 0.2) is 47.3 Å². The summed E-state index contributed by atoms with van der Waals surface area (Å²) in [5, 5.41) is 11.4. The number of nitrogens with zero attached hydrogens (tertiary/aromatic N) is 1. The number of hydrogen-bond acceptors (Lipinski definition) is 3. The maximum absolute atomic E-state index is 13.8. The Kier molecular flexibility index (Phi) is 5.73. The molecule has 2 aromatic carbocycles. The lowest BCUT2D eigenvalue weighted by atomic mass is 9.79. The molecule has 1 aliphatic carbocycles. The Morgan fingerprint density at radius 1 is 1.10 bits per heavy atom. The van der Waals surface area contributed by atoms with Gasteiger partial charge in [0.05, 0.1) is 11.1 Å². The summed E-state index contributed by atoms with van der Waals surface area (Å²) < 4.78 is 40.5. The minimum Gasteiger partial charge on any atom is -0.381 e. The molecule has 0 spiro atoms. The zero-order valence-electron chi connectivity index (χ0n) is 16.1. The second-order valence-electron chi connectivity index (χ2n) is 7.82. The molecular formula is C22H21ClF3N3O. The van der Waals surface area contributed by atoms with Gasteiger partial charge < -0.3 is 5.32 Å². The SMILES string of the molecule is Clc1ccccc1.O=c1[nH]nc2c3c(cc(F)cc13)NC(C1CCC(F)(F)CC1)C2. The Bertz CT molecular complexity index is 1090. The van der Waals surface area contributed by atoms with Crippen LogP contribution in [0.2, 0.25) is 5.02 Å². The molecule has 1 unspecified atom stereocenters. The number of H-pyrrole nitrogens is 1. The van der Waals surface area contributed by atoms with Crippen LogP contribution in [0.25, 0.3) is 10.8 Å². The molecule has 1 aliphatic heterocycles. The van der Waals surface area contributed by atoms with Gasteiger partial charge in [-0.2, -0.15) is 5.10 Å².